The van der Waals surface area contributed by atoms with Gasteiger partial charge in [-0.25, -0.2) is 14.7 Å². The third-order valence-corrected chi connectivity index (χ3v) is 6.71. The highest BCUT2D eigenvalue weighted by Crippen LogP contribution is 2.36. The summed E-state index contributed by atoms with van der Waals surface area (Å²) in [5, 5.41) is 13.1. The number of carbonyl (C=O) groups excluding carboxylic acids is 1. The minimum atomic E-state index is -0.664. The van der Waals surface area contributed by atoms with E-state index < -0.39 is 11.7 Å². The highest BCUT2D eigenvalue weighted by atomic mass is 32.1. The maximum atomic E-state index is 13.6. The average molecular weight is 495 g/mol. The van der Waals surface area contributed by atoms with Crippen LogP contribution in [0.25, 0.3) is 16.8 Å². The number of piperidine rings is 1. The van der Waals surface area contributed by atoms with E-state index in [1.807, 2.05) is 53.1 Å². The van der Waals surface area contributed by atoms with Crippen molar-refractivity contribution in [2.24, 2.45) is 7.05 Å². The number of fused-ring (bicyclic) bond motifs is 1. The van der Waals surface area contributed by atoms with Crippen molar-refractivity contribution in [2.45, 2.75) is 52.1 Å². The minimum absolute atomic E-state index is 0.229. The second-order valence-corrected chi connectivity index (χ2v) is 10.7. The molecule has 10 nitrogen and oxygen atoms in total. The van der Waals surface area contributed by atoms with Crippen molar-refractivity contribution in [3.8, 4) is 11.1 Å². The van der Waals surface area contributed by atoms with Crippen LogP contribution in [0.2, 0.25) is 0 Å². The van der Waals surface area contributed by atoms with Crippen LogP contribution in [0, 0.1) is 6.92 Å². The molecule has 1 aliphatic heterocycles. The summed E-state index contributed by atoms with van der Waals surface area (Å²) in [4.78, 5) is 20.2. The number of hydrogen-bond donors (Lipinski definition) is 1. The highest BCUT2D eigenvalue weighted by molar-refractivity contribution is 7.10. The van der Waals surface area contributed by atoms with Crippen LogP contribution in [0.1, 0.15) is 50.9 Å². The molecule has 4 aromatic rings. The smallest absolute Gasteiger partial charge is 0.421 e. The molecule has 0 aliphatic carbocycles. The van der Waals surface area contributed by atoms with Crippen LogP contribution in [-0.4, -0.2) is 53.5 Å². The number of hydrogen-bond acceptors (Lipinski definition) is 8. The maximum Gasteiger partial charge on any atom is 0.421 e. The van der Waals surface area contributed by atoms with E-state index in [1.54, 1.807) is 26.5 Å². The van der Waals surface area contributed by atoms with Crippen molar-refractivity contribution >= 4 is 34.1 Å². The molecule has 11 heteroatoms. The number of aromatic nitrogens is 6. The van der Waals surface area contributed by atoms with E-state index in [0.29, 0.717) is 16.5 Å². The molecule has 0 aromatic carbocycles. The van der Waals surface area contributed by atoms with E-state index >= 15 is 0 Å². The molecule has 184 valence electrons. The topological polar surface area (TPSA) is 102 Å². The van der Waals surface area contributed by atoms with E-state index in [2.05, 4.69) is 19.9 Å². The number of nitrogens with zero attached hydrogens (tertiary/aromatic N) is 7. The monoisotopic (exact) mass is 494 g/mol. The van der Waals surface area contributed by atoms with E-state index in [9.17, 15) is 4.79 Å². The highest BCUT2D eigenvalue weighted by Gasteiger charge is 2.31. The summed E-state index contributed by atoms with van der Waals surface area (Å²) >= 11 is 1.25. The van der Waals surface area contributed by atoms with Crippen LogP contribution in [0.5, 0.6) is 0 Å². The normalized spacial score (nSPS) is 16.5. The Morgan fingerprint density at radius 3 is 2.71 bits per heavy atom. The molecular formula is C24H30N8O2S. The molecule has 0 radical (unpaired) electrons. The van der Waals surface area contributed by atoms with Crippen molar-refractivity contribution in [3.05, 3.63) is 42.1 Å². The quantitative estimate of drug-likeness (QED) is 0.448. The third-order valence-electron chi connectivity index (χ3n) is 5.84. The molecule has 1 amide bonds. The first-order valence-corrected chi connectivity index (χ1v) is 12.5. The van der Waals surface area contributed by atoms with Gasteiger partial charge in [0.1, 0.15) is 16.4 Å². The van der Waals surface area contributed by atoms with Crippen LogP contribution in [0.4, 0.5) is 15.6 Å². The van der Waals surface area contributed by atoms with Gasteiger partial charge in [-0.2, -0.15) is 19.1 Å². The Morgan fingerprint density at radius 2 is 2.09 bits per heavy atom. The molecule has 35 heavy (non-hydrogen) atoms. The molecule has 0 bridgehead atoms. The molecule has 1 unspecified atom stereocenters. The van der Waals surface area contributed by atoms with E-state index in [4.69, 9.17) is 9.72 Å². The number of carbonyl (C=O) groups is 1. The molecule has 1 aliphatic rings. The number of aryl methyl sites for hydroxylation is 2. The van der Waals surface area contributed by atoms with Gasteiger partial charge in [0, 0.05) is 42.9 Å². The Hall–Kier alpha value is -3.31. The maximum absolute atomic E-state index is 13.6. The zero-order valence-electron chi connectivity index (χ0n) is 20.6. The molecule has 1 atom stereocenters. The number of anilines is 2. The summed E-state index contributed by atoms with van der Waals surface area (Å²) in [5.74, 6) is 0.802. The molecule has 5 rings (SSSR count). The summed E-state index contributed by atoms with van der Waals surface area (Å²) in [7, 11) is 1.88. The van der Waals surface area contributed by atoms with Crippen molar-refractivity contribution in [1.82, 2.24) is 34.1 Å². The zero-order chi connectivity index (χ0) is 24.7. The van der Waals surface area contributed by atoms with Gasteiger partial charge in [-0.15, -0.1) is 0 Å². The molecular weight excluding hydrogens is 464 g/mol. The van der Waals surface area contributed by atoms with Crippen molar-refractivity contribution < 1.29 is 9.53 Å². The predicted molar refractivity (Wildman–Crippen MR) is 135 cm³/mol. The summed E-state index contributed by atoms with van der Waals surface area (Å²) in [5.41, 5.74) is 3.53. The fraction of sp³-hybridized carbons (Fsp3) is 0.458. The van der Waals surface area contributed by atoms with Gasteiger partial charge in [0.2, 0.25) is 0 Å². The summed E-state index contributed by atoms with van der Waals surface area (Å²) in [6.07, 6.45) is 7.12. The van der Waals surface area contributed by atoms with Crippen molar-refractivity contribution in [3.63, 3.8) is 0 Å². The third kappa shape index (κ3) is 4.78. The van der Waals surface area contributed by atoms with E-state index in [-0.39, 0.29) is 5.92 Å². The zero-order valence-corrected chi connectivity index (χ0v) is 21.5. The van der Waals surface area contributed by atoms with Gasteiger partial charge >= 0.3 is 6.09 Å². The summed E-state index contributed by atoms with van der Waals surface area (Å²) in [6, 6.07) is 3.85. The SMILES string of the molecule is Cc1cc(N(C(=O)OC(C)(C)C)c2cc(C3CCCNC3)nc3c(-c4cnn(C)c4)cnn23)sn1. The van der Waals surface area contributed by atoms with Crippen LogP contribution in [0.3, 0.4) is 0 Å². The fourth-order valence-electron chi connectivity index (χ4n) is 4.26. The largest absolute Gasteiger partial charge is 0.443 e. The summed E-state index contributed by atoms with van der Waals surface area (Å²) in [6.45, 7) is 9.32. The lowest BCUT2D eigenvalue weighted by Gasteiger charge is -2.28. The molecule has 5 heterocycles. The van der Waals surface area contributed by atoms with Gasteiger partial charge in [0.25, 0.3) is 0 Å². The second-order valence-electron chi connectivity index (χ2n) is 9.90. The Bertz CT molecular complexity index is 1360. The van der Waals surface area contributed by atoms with Crippen molar-refractivity contribution in [2.75, 3.05) is 18.0 Å². The van der Waals surface area contributed by atoms with Gasteiger partial charge in [-0.05, 0) is 64.7 Å². The Kier molecular flexibility index (Phi) is 6.06. The average Bonchev–Trinajstić information content (AvgIpc) is 3.53. The fourth-order valence-corrected chi connectivity index (χ4v) is 5.02. The number of nitrogens with one attached hydrogen (secondary N) is 1. The number of ether oxygens (including phenoxy) is 1. The first-order chi connectivity index (χ1) is 16.7. The Balaban J connectivity index is 1.73. The molecule has 0 spiro atoms. The first kappa shape index (κ1) is 23.4. The Morgan fingerprint density at radius 1 is 1.26 bits per heavy atom. The second kappa shape index (κ2) is 9.04. The lowest BCUT2D eigenvalue weighted by atomic mass is 9.96. The lowest BCUT2D eigenvalue weighted by molar-refractivity contribution is 0.0598. The lowest BCUT2D eigenvalue weighted by Crippen LogP contribution is -2.35. The van der Waals surface area contributed by atoms with E-state index in [1.165, 1.54) is 11.5 Å². The van der Waals surface area contributed by atoms with Crippen LogP contribution >= 0.6 is 11.5 Å². The molecule has 1 saturated heterocycles. The minimum Gasteiger partial charge on any atom is -0.443 e. The van der Waals surface area contributed by atoms with E-state index in [0.717, 1.165) is 48.4 Å². The molecule has 1 fully saturated rings. The van der Waals surface area contributed by atoms with Gasteiger partial charge in [-0.3, -0.25) is 4.68 Å². The van der Waals surface area contributed by atoms with Gasteiger partial charge < -0.3 is 10.1 Å². The number of rotatable bonds is 4. The predicted octanol–water partition coefficient (Wildman–Crippen LogP) is 4.43. The molecule has 4 aromatic heterocycles. The van der Waals surface area contributed by atoms with Crippen molar-refractivity contribution in [1.29, 1.82) is 0 Å². The Labute approximate surface area is 208 Å². The van der Waals surface area contributed by atoms with Gasteiger partial charge in [0.15, 0.2) is 5.65 Å². The van der Waals surface area contributed by atoms with Crippen LogP contribution < -0.4 is 10.2 Å². The van der Waals surface area contributed by atoms with Crippen LogP contribution in [-0.2, 0) is 11.8 Å². The standard InChI is InChI=1S/C24H30N8O2S/c1-15-9-21(35-29-15)31(23(33)34-24(2,3)4)20-10-19(16-7-6-8-25-11-16)28-22-18(13-27-32(20)22)17-12-26-30(5)14-17/h9-10,12-14,16,25H,6-8,11H2,1-5H3. The molecule has 1 N–H and O–H groups in total. The van der Waals surface area contributed by atoms with Crippen LogP contribution in [0.15, 0.2) is 30.7 Å². The summed E-state index contributed by atoms with van der Waals surface area (Å²) < 4.78 is 13.7. The van der Waals surface area contributed by atoms with Gasteiger partial charge in [0.05, 0.1) is 23.8 Å². The molecule has 0 saturated carbocycles. The van der Waals surface area contributed by atoms with Gasteiger partial charge in [-0.1, -0.05) is 0 Å². The number of amides is 1. The first-order valence-electron chi connectivity index (χ1n) is 11.7.